The molecule has 0 saturated carbocycles. The van der Waals surface area contributed by atoms with Gasteiger partial charge in [0.1, 0.15) is 11.6 Å². The molecule has 1 aliphatic rings. The summed E-state index contributed by atoms with van der Waals surface area (Å²) in [4.78, 5) is 25.6. The fourth-order valence-corrected chi connectivity index (χ4v) is 3.28. The minimum absolute atomic E-state index is 0.0412. The first-order valence-electron chi connectivity index (χ1n) is 9.65. The molecule has 1 saturated heterocycles. The molecule has 1 aliphatic heterocycles. The number of carbonyl (C=O) groups is 1. The standard InChI is InChI=1S/C21H23N5O3/c1-3-19-23-20(24-29-19)16-6-9-18(22-14-16)25-10-12-26(13-11-25)21(27)15-4-7-17(28-2)8-5-15/h4-9,14H,3,10-13H2,1-2H3. The molecule has 3 heterocycles. The molecule has 1 amide bonds. The van der Waals surface area contributed by atoms with Crippen molar-refractivity contribution in [3.63, 3.8) is 0 Å². The highest BCUT2D eigenvalue weighted by molar-refractivity contribution is 5.94. The minimum Gasteiger partial charge on any atom is -0.497 e. The van der Waals surface area contributed by atoms with E-state index in [9.17, 15) is 4.79 Å². The van der Waals surface area contributed by atoms with E-state index in [1.165, 1.54) is 0 Å². The van der Waals surface area contributed by atoms with Crippen molar-refractivity contribution in [2.24, 2.45) is 0 Å². The highest BCUT2D eigenvalue weighted by Crippen LogP contribution is 2.20. The maximum Gasteiger partial charge on any atom is 0.253 e. The van der Waals surface area contributed by atoms with Crippen molar-refractivity contribution in [3.05, 3.63) is 54.0 Å². The summed E-state index contributed by atoms with van der Waals surface area (Å²) in [6.45, 7) is 4.74. The second-order valence-electron chi connectivity index (χ2n) is 6.78. The fraction of sp³-hybridized carbons (Fsp3) is 0.333. The van der Waals surface area contributed by atoms with Crippen molar-refractivity contribution in [3.8, 4) is 17.1 Å². The number of anilines is 1. The van der Waals surface area contributed by atoms with E-state index in [0.717, 1.165) is 30.2 Å². The van der Waals surface area contributed by atoms with Crippen LogP contribution in [-0.2, 0) is 6.42 Å². The minimum atomic E-state index is 0.0412. The molecule has 8 heteroatoms. The van der Waals surface area contributed by atoms with Gasteiger partial charge in [-0.25, -0.2) is 4.98 Å². The Morgan fingerprint density at radius 3 is 2.45 bits per heavy atom. The number of aryl methyl sites for hydroxylation is 1. The van der Waals surface area contributed by atoms with Crippen molar-refractivity contribution >= 4 is 11.7 Å². The smallest absolute Gasteiger partial charge is 0.253 e. The number of ether oxygens (including phenoxy) is 1. The summed E-state index contributed by atoms with van der Waals surface area (Å²) >= 11 is 0. The number of hydrogen-bond donors (Lipinski definition) is 0. The quantitative estimate of drug-likeness (QED) is 0.659. The van der Waals surface area contributed by atoms with Gasteiger partial charge in [-0.15, -0.1) is 0 Å². The summed E-state index contributed by atoms with van der Waals surface area (Å²) in [6.07, 6.45) is 2.46. The highest BCUT2D eigenvalue weighted by Gasteiger charge is 2.23. The maximum atomic E-state index is 12.7. The van der Waals surface area contributed by atoms with Gasteiger partial charge in [-0.3, -0.25) is 4.79 Å². The van der Waals surface area contributed by atoms with E-state index < -0.39 is 0 Å². The Balaban J connectivity index is 1.37. The summed E-state index contributed by atoms with van der Waals surface area (Å²) in [6, 6.07) is 11.1. The van der Waals surface area contributed by atoms with E-state index in [1.54, 1.807) is 25.4 Å². The number of hydrogen-bond acceptors (Lipinski definition) is 7. The zero-order chi connectivity index (χ0) is 20.2. The first-order valence-corrected chi connectivity index (χ1v) is 9.65. The van der Waals surface area contributed by atoms with Crippen LogP contribution < -0.4 is 9.64 Å². The Kier molecular flexibility index (Phi) is 5.41. The number of benzene rings is 1. The van der Waals surface area contributed by atoms with Crippen LogP contribution in [0.15, 0.2) is 47.1 Å². The second-order valence-corrected chi connectivity index (χ2v) is 6.78. The van der Waals surface area contributed by atoms with Crippen LogP contribution in [0.3, 0.4) is 0 Å². The van der Waals surface area contributed by atoms with Crippen LogP contribution in [0.4, 0.5) is 5.82 Å². The van der Waals surface area contributed by atoms with Crippen LogP contribution in [0.2, 0.25) is 0 Å². The number of piperazine rings is 1. The third-order valence-electron chi connectivity index (χ3n) is 5.00. The van der Waals surface area contributed by atoms with E-state index in [1.807, 2.05) is 36.1 Å². The number of aromatic nitrogens is 3. The Labute approximate surface area is 169 Å². The topological polar surface area (TPSA) is 84.6 Å². The average molecular weight is 393 g/mol. The van der Waals surface area contributed by atoms with Gasteiger partial charge >= 0.3 is 0 Å². The van der Waals surface area contributed by atoms with Crippen molar-refractivity contribution in [1.82, 2.24) is 20.0 Å². The third kappa shape index (κ3) is 4.06. The molecule has 2 aromatic heterocycles. The number of methoxy groups -OCH3 is 1. The highest BCUT2D eigenvalue weighted by atomic mass is 16.5. The molecule has 0 radical (unpaired) electrons. The van der Waals surface area contributed by atoms with Gasteiger partial charge in [-0.05, 0) is 36.4 Å². The summed E-state index contributed by atoms with van der Waals surface area (Å²) < 4.78 is 10.3. The Bertz CT molecular complexity index is 961. The zero-order valence-electron chi connectivity index (χ0n) is 16.5. The predicted molar refractivity (Wildman–Crippen MR) is 108 cm³/mol. The molecule has 150 valence electrons. The molecule has 1 fully saturated rings. The van der Waals surface area contributed by atoms with Gasteiger partial charge in [-0.2, -0.15) is 4.98 Å². The number of nitrogens with zero attached hydrogens (tertiary/aromatic N) is 5. The van der Waals surface area contributed by atoms with E-state index in [2.05, 4.69) is 20.0 Å². The molecule has 1 aromatic carbocycles. The molecule has 3 aromatic rings. The van der Waals surface area contributed by atoms with Gasteiger partial charge in [0.05, 0.1) is 7.11 Å². The van der Waals surface area contributed by atoms with Crippen LogP contribution in [0, 0.1) is 0 Å². The SMILES string of the molecule is CCc1nc(-c2ccc(N3CCN(C(=O)c4ccc(OC)cc4)CC3)nc2)no1. The molecule has 0 N–H and O–H groups in total. The summed E-state index contributed by atoms with van der Waals surface area (Å²) in [7, 11) is 1.61. The van der Waals surface area contributed by atoms with E-state index in [4.69, 9.17) is 9.26 Å². The van der Waals surface area contributed by atoms with E-state index >= 15 is 0 Å². The summed E-state index contributed by atoms with van der Waals surface area (Å²) in [5.41, 5.74) is 1.50. The molecule has 0 unspecified atom stereocenters. The monoisotopic (exact) mass is 393 g/mol. The Morgan fingerprint density at radius 2 is 1.86 bits per heavy atom. The molecule has 0 aliphatic carbocycles. The molecule has 0 atom stereocenters. The summed E-state index contributed by atoms with van der Waals surface area (Å²) in [5.74, 6) is 2.83. The molecular formula is C21H23N5O3. The van der Waals surface area contributed by atoms with Crippen LogP contribution >= 0.6 is 0 Å². The molecule has 4 rings (SSSR count). The summed E-state index contributed by atoms with van der Waals surface area (Å²) in [5, 5.41) is 3.98. The van der Waals surface area contributed by atoms with Gasteiger partial charge in [0.15, 0.2) is 0 Å². The van der Waals surface area contributed by atoms with Crippen LogP contribution in [0.1, 0.15) is 23.2 Å². The van der Waals surface area contributed by atoms with E-state index in [0.29, 0.717) is 36.8 Å². The molecule has 0 bridgehead atoms. The first kappa shape index (κ1) is 18.9. The lowest BCUT2D eigenvalue weighted by molar-refractivity contribution is 0.0746. The lowest BCUT2D eigenvalue weighted by atomic mass is 10.1. The normalized spacial score (nSPS) is 14.1. The van der Waals surface area contributed by atoms with Crippen molar-refractivity contribution in [1.29, 1.82) is 0 Å². The predicted octanol–water partition coefficient (Wildman–Crippen LogP) is 2.67. The van der Waals surface area contributed by atoms with Crippen molar-refractivity contribution in [2.75, 3.05) is 38.2 Å². The van der Waals surface area contributed by atoms with Gasteiger partial charge in [0, 0.05) is 49.9 Å². The van der Waals surface area contributed by atoms with Crippen molar-refractivity contribution < 1.29 is 14.1 Å². The maximum absolute atomic E-state index is 12.7. The number of pyridine rings is 1. The van der Waals surface area contributed by atoms with Gasteiger partial charge in [0.2, 0.25) is 11.7 Å². The van der Waals surface area contributed by atoms with Crippen LogP contribution in [0.25, 0.3) is 11.4 Å². The Morgan fingerprint density at radius 1 is 1.10 bits per heavy atom. The van der Waals surface area contributed by atoms with Crippen molar-refractivity contribution in [2.45, 2.75) is 13.3 Å². The molecule has 29 heavy (non-hydrogen) atoms. The molecule has 8 nitrogen and oxygen atoms in total. The lowest BCUT2D eigenvalue weighted by Crippen LogP contribution is -2.49. The van der Waals surface area contributed by atoms with Gasteiger partial charge in [0.25, 0.3) is 5.91 Å². The lowest BCUT2D eigenvalue weighted by Gasteiger charge is -2.35. The zero-order valence-corrected chi connectivity index (χ0v) is 16.5. The third-order valence-corrected chi connectivity index (χ3v) is 5.00. The number of rotatable bonds is 5. The number of carbonyl (C=O) groups excluding carboxylic acids is 1. The first-order chi connectivity index (χ1) is 14.2. The molecule has 0 spiro atoms. The van der Waals surface area contributed by atoms with Crippen LogP contribution in [0.5, 0.6) is 5.75 Å². The Hall–Kier alpha value is -3.42. The largest absolute Gasteiger partial charge is 0.497 e. The molecular weight excluding hydrogens is 370 g/mol. The number of amides is 1. The van der Waals surface area contributed by atoms with E-state index in [-0.39, 0.29) is 5.91 Å². The van der Waals surface area contributed by atoms with Gasteiger partial charge in [-0.1, -0.05) is 12.1 Å². The fourth-order valence-electron chi connectivity index (χ4n) is 3.28. The van der Waals surface area contributed by atoms with Crippen LogP contribution in [-0.4, -0.2) is 59.2 Å². The average Bonchev–Trinajstić information content (AvgIpc) is 3.28. The van der Waals surface area contributed by atoms with Gasteiger partial charge < -0.3 is 19.1 Å². The second kappa shape index (κ2) is 8.30.